The number of phenols is 1. The zero-order chi connectivity index (χ0) is 9.84. The van der Waals surface area contributed by atoms with Crippen LogP contribution >= 0.6 is 12.4 Å². The third-order valence-corrected chi connectivity index (χ3v) is 2.09. The molecule has 1 atom stereocenters. The average molecular weight is 220 g/mol. The molecule has 0 aliphatic carbocycles. The van der Waals surface area contributed by atoms with E-state index in [4.69, 9.17) is 5.73 Å². The quantitative estimate of drug-likeness (QED) is 0.821. The molecular formula is C10H15ClFNO. The van der Waals surface area contributed by atoms with Crippen LogP contribution in [0.5, 0.6) is 5.75 Å². The predicted molar refractivity (Wildman–Crippen MR) is 57.6 cm³/mol. The van der Waals surface area contributed by atoms with Gasteiger partial charge in [-0.25, -0.2) is 0 Å². The van der Waals surface area contributed by atoms with Gasteiger partial charge in [0, 0.05) is 11.6 Å². The summed E-state index contributed by atoms with van der Waals surface area (Å²) in [5.41, 5.74) is 7.07. The Morgan fingerprint density at radius 2 is 2.14 bits per heavy atom. The minimum Gasteiger partial charge on any atom is -0.507 e. The molecule has 1 aromatic carbocycles. The molecule has 0 unspecified atom stereocenters. The van der Waals surface area contributed by atoms with E-state index >= 15 is 0 Å². The Morgan fingerprint density at radius 1 is 1.50 bits per heavy atom. The van der Waals surface area contributed by atoms with Crippen LogP contribution in [-0.2, 0) is 0 Å². The molecule has 3 N–H and O–H groups in total. The molecule has 2 nitrogen and oxygen atoms in total. The second-order valence-corrected chi connectivity index (χ2v) is 3.10. The Morgan fingerprint density at radius 3 is 2.71 bits per heavy atom. The van der Waals surface area contributed by atoms with E-state index in [9.17, 15) is 9.50 Å². The van der Waals surface area contributed by atoms with E-state index in [-0.39, 0.29) is 24.6 Å². The normalized spacial score (nSPS) is 11.9. The lowest BCUT2D eigenvalue weighted by molar-refractivity contribution is 0.423. The lowest BCUT2D eigenvalue weighted by Gasteiger charge is -2.12. The number of hydrogen-bond acceptors (Lipinski definition) is 2. The van der Waals surface area contributed by atoms with E-state index in [1.54, 1.807) is 19.1 Å². The van der Waals surface area contributed by atoms with Crippen molar-refractivity contribution in [3.63, 3.8) is 0 Å². The molecule has 0 aliphatic rings. The number of hydrogen-bond donors (Lipinski definition) is 2. The molecule has 14 heavy (non-hydrogen) atoms. The van der Waals surface area contributed by atoms with Crippen LogP contribution in [-0.4, -0.2) is 11.8 Å². The molecule has 0 heterocycles. The van der Waals surface area contributed by atoms with Crippen molar-refractivity contribution >= 4 is 12.4 Å². The van der Waals surface area contributed by atoms with Gasteiger partial charge in [0.05, 0.1) is 6.67 Å². The standard InChI is InChI=1S/C10H14FNO.ClH/c1-7-3-2-4-8(10(7)13)9(12)5-6-11;/h2-4,9,13H,5-6,12H2,1H3;1H/t9-;/m1./s1. The van der Waals surface area contributed by atoms with Gasteiger partial charge in [0.15, 0.2) is 0 Å². The van der Waals surface area contributed by atoms with Crippen LogP contribution < -0.4 is 5.73 Å². The smallest absolute Gasteiger partial charge is 0.123 e. The summed E-state index contributed by atoms with van der Waals surface area (Å²) in [7, 11) is 0. The Labute approximate surface area is 89.3 Å². The SMILES string of the molecule is Cc1cccc([C@H](N)CCF)c1O.Cl. The van der Waals surface area contributed by atoms with E-state index in [2.05, 4.69) is 0 Å². The maximum Gasteiger partial charge on any atom is 0.123 e. The van der Waals surface area contributed by atoms with Crippen molar-refractivity contribution in [2.75, 3.05) is 6.67 Å². The summed E-state index contributed by atoms with van der Waals surface area (Å²) in [6, 6.07) is 4.91. The fourth-order valence-corrected chi connectivity index (χ4v) is 1.25. The first kappa shape index (κ1) is 13.2. The number of aromatic hydroxyl groups is 1. The van der Waals surface area contributed by atoms with Gasteiger partial charge >= 0.3 is 0 Å². The van der Waals surface area contributed by atoms with Gasteiger partial charge in [-0.05, 0) is 18.9 Å². The summed E-state index contributed by atoms with van der Waals surface area (Å²) in [6.45, 7) is 1.33. The monoisotopic (exact) mass is 219 g/mol. The van der Waals surface area contributed by atoms with Gasteiger partial charge in [-0.2, -0.15) is 0 Å². The maximum absolute atomic E-state index is 12.0. The Balaban J connectivity index is 0.00000169. The highest BCUT2D eigenvalue weighted by atomic mass is 35.5. The Kier molecular flexibility index (Phi) is 5.50. The number of nitrogens with two attached hydrogens (primary N) is 1. The highest BCUT2D eigenvalue weighted by Gasteiger charge is 2.11. The van der Waals surface area contributed by atoms with E-state index in [1.807, 2.05) is 6.07 Å². The molecule has 0 saturated carbocycles. The second-order valence-electron chi connectivity index (χ2n) is 3.10. The summed E-state index contributed by atoms with van der Waals surface area (Å²) in [5, 5.41) is 9.59. The van der Waals surface area contributed by atoms with Crippen LogP contribution in [0, 0.1) is 6.92 Å². The van der Waals surface area contributed by atoms with Crippen molar-refractivity contribution < 1.29 is 9.50 Å². The van der Waals surface area contributed by atoms with E-state index in [1.165, 1.54) is 0 Å². The molecular weight excluding hydrogens is 205 g/mol. The average Bonchev–Trinajstić information content (AvgIpc) is 2.10. The maximum atomic E-state index is 12.0. The van der Waals surface area contributed by atoms with Gasteiger partial charge in [0.25, 0.3) is 0 Å². The van der Waals surface area contributed by atoms with Crippen LogP contribution in [0.15, 0.2) is 18.2 Å². The van der Waals surface area contributed by atoms with Crippen molar-refractivity contribution in [1.82, 2.24) is 0 Å². The van der Waals surface area contributed by atoms with Gasteiger partial charge in [0.2, 0.25) is 0 Å². The third-order valence-electron chi connectivity index (χ3n) is 2.09. The van der Waals surface area contributed by atoms with Crippen molar-refractivity contribution in [2.24, 2.45) is 5.73 Å². The minimum absolute atomic E-state index is 0. The lowest BCUT2D eigenvalue weighted by Crippen LogP contribution is -2.11. The van der Waals surface area contributed by atoms with Gasteiger partial charge in [-0.3, -0.25) is 4.39 Å². The molecule has 1 aromatic rings. The molecule has 0 bridgehead atoms. The summed E-state index contributed by atoms with van der Waals surface area (Å²) >= 11 is 0. The Bertz CT molecular complexity index is 293. The molecule has 0 radical (unpaired) electrons. The summed E-state index contributed by atoms with van der Waals surface area (Å²) < 4.78 is 12.0. The molecule has 0 aliphatic heterocycles. The van der Waals surface area contributed by atoms with Gasteiger partial charge in [0.1, 0.15) is 5.75 Å². The van der Waals surface area contributed by atoms with Crippen molar-refractivity contribution in [3.05, 3.63) is 29.3 Å². The largest absolute Gasteiger partial charge is 0.507 e. The molecule has 0 spiro atoms. The second kappa shape index (κ2) is 5.83. The number of halogens is 2. The van der Waals surface area contributed by atoms with Crippen LogP contribution in [0.4, 0.5) is 4.39 Å². The topological polar surface area (TPSA) is 46.2 Å². The number of rotatable bonds is 3. The number of benzene rings is 1. The first-order valence-corrected chi connectivity index (χ1v) is 4.27. The van der Waals surface area contributed by atoms with Crippen LogP contribution in [0.2, 0.25) is 0 Å². The van der Waals surface area contributed by atoms with Crippen LogP contribution in [0.25, 0.3) is 0 Å². The van der Waals surface area contributed by atoms with Crippen molar-refractivity contribution in [1.29, 1.82) is 0 Å². The van der Waals surface area contributed by atoms with Gasteiger partial charge < -0.3 is 10.8 Å². The number of phenolic OH excluding ortho intramolecular Hbond substituents is 1. The summed E-state index contributed by atoms with van der Waals surface area (Å²) in [4.78, 5) is 0. The van der Waals surface area contributed by atoms with Crippen LogP contribution in [0.1, 0.15) is 23.6 Å². The van der Waals surface area contributed by atoms with Crippen LogP contribution in [0.3, 0.4) is 0 Å². The van der Waals surface area contributed by atoms with Gasteiger partial charge in [-0.1, -0.05) is 18.2 Å². The third kappa shape index (κ3) is 2.86. The van der Waals surface area contributed by atoms with E-state index in [0.29, 0.717) is 5.56 Å². The summed E-state index contributed by atoms with van der Waals surface area (Å²) in [5.74, 6) is 0.184. The highest BCUT2D eigenvalue weighted by Crippen LogP contribution is 2.27. The molecule has 4 heteroatoms. The van der Waals surface area contributed by atoms with E-state index in [0.717, 1.165) is 5.56 Å². The minimum atomic E-state index is -0.464. The molecule has 0 fully saturated rings. The molecule has 0 saturated heterocycles. The number of aryl methyl sites for hydroxylation is 1. The zero-order valence-electron chi connectivity index (χ0n) is 8.03. The predicted octanol–water partition coefficient (Wildman–Crippen LogP) is 2.48. The molecule has 0 aromatic heterocycles. The Hall–Kier alpha value is -0.800. The highest BCUT2D eigenvalue weighted by molar-refractivity contribution is 5.85. The molecule has 0 amide bonds. The fourth-order valence-electron chi connectivity index (χ4n) is 1.25. The molecule has 1 rings (SSSR count). The number of alkyl halides is 1. The first-order chi connectivity index (χ1) is 6.16. The van der Waals surface area contributed by atoms with Crippen molar-refractivity contribution in [3.8, 4) is 5.75 Å². The van der Waals surface area contributed by atoms with E-state index < -0.39 is 12.7 Å². The first-order valence-electron chi connectivity index (χ1n) is 4.27. The molecule has 80 valence electrons. The number of para-hydroxylation sites is 1. The summed E-state index contributed by atoms with van der Waals surface area (Å²) in [6.07, 6.45) is 0.247. The van der Waals surface area contributed by atoms with Crippen molar-refractivity contribution in [2.45, 2.75) is 19.4 Å². The lowest BCUT2D eigenvalue weighted by atomic mass is 10.0. The van der Waals surface area contributed by atoms with Gasteiger partial charge in [-0.15, -0.1) is 12.4 Å². The zero-order valence-corrected chi connectivity index (χ0v) is 8.85. The fraction of sp³-hybridized carbons (Fsp3) is 0.400.